The number of hydrogen-bond acceptors (Lipinski definition) is 2. The Kier molecular flexibility index (Phi) is 3.68. The van der Waals surface area contributed by atoms with Crippen molar-refractivity contribution in [3.63, 3.8) is 0 Å². The number of hydrogen-bond donors (Lipinski definition) is 2. The lowest BCUT2D eigenvalue weighted by Crippen LogP contribution is -2.32. The van der Waals surface area contributed by atoms with Gasteiger partial charge in [0.1, 0.15) is 17.5 Å². The molecule has 0 saturated heterocycles. The summed E-state index contributed by atoms with van der Waals surface area (Å²) >= 11 is 0. The van der Waals surface area contributed by atoms with E-state index in [0.717, 1.165) is 31.7 Å². The number of nitrogens with one attached hydrogen (secondary N) is 1. The van der Waals surface area contributed by atoms with Gasteiger partial charge in [-0.3, -0.25) is 4.99 Å². The van der Waals surface area contributed by atoms with Crippen molar-refractivity contribution >= 4 is 5.84 Å². The largest absolute Gasteiger partial charge is 0.308 e. The van der Waals surface area contributed by atoms with Crippen LogP contribution in [0.15, 0.2) is 23.2 Å². The number of benzene rings is 1. The molecule has 1 aromatic carbocycles. The predicted octanol–water partition coefficient (Wildman–Crippen LogP) is 2.12. The van der Waals surface area contributed by atoms with Gasteiger partial charge in [0.2, 0.25) is 0 Å². The van der Waals surface area contributed by atoms with Crippen LogP contribution in [-0.2, 0) is 0 Å². The molecule has 3 N–H and O–H groups in total. The molecule has 5 heteroatoms. The second kappa shape index (κ2) is 5.23. The zero-order valence-corrected chi connectivity index (χ0v) is 9.42. The molecule has 1 fully saturated rings. The predicted molar refractivity (Wildman–Crippen MR) is 62.5 cm³/mol. The second-order valence-corrected chi connectivity index (χ2v) is 4.22. The lowest BCUT2D eigenvalue weighted by molar-refractivity contribution is 0.582. The maximum atomic E-state index is 13.1. The standard InChI is InChI=1S/C12H15F2N3/c13-9-5-8(6-10(14)7-9)12(17-15)16-11-3-1-2-4-11/h5-7,11H,1-4,15H2,(H,16,17). The quantitative estimate of drug-likeness (QED) is 0.359. The van der Waals surface area contributed by atoms with Gasteiger partial charge >= 0.3 is 0 Å². The normalized spacial score (nSPS) is 17.5. The van der Waals surface area contributed by atoms with Gasteiger partial charge in [0.25, 0.3) is 0 Å². The summed E-state index contributed by atoms with van der Waals surface area (Å²) in [6, 6.07) is 3.47. The van der Waals surface area contributed by atoms with Crippen LogP contribution in [0, 0.1) is 11.6 Å². The number of aliphatic imine (C=N–C) groups is 1. The van der Waals surface area contributed by atoms with Crippen LogP contribution in [-0.4, -0.2) is 11.9 Å². The Morgan fingerprint density at radius 3 is 2.29 bits per heavy atom. The SMILES string of the molecule is NNC(=NC1CCCC1)c1cc(F)cc(F)c1. The molecule has 0 atom stereocenters. The van der Waals surface area contributed by atoms with Crippen LogP contribution in [0.3, 0.4) is 0 Å². The highest BCUT2D eigenvalue weighted by molar-refractivity contribution is 5.98. The summed E-state index contributed by atoms with van der Waals surface area (Å²) in [6.07, 6.45) is 4.29. The maximum absolute atomic E-state index is 13.1. The van der Waals surface area contributed by atoms with Crippen LogP contribution in [0.5, 0.6) is 0 Å². The first-order chi connectivity index (χ1) is 8.19. The van der Waals surface area contributed by atoms with Crippen LogP contribution < -0.4 is 11.3 Å². The molecule has 1 aromatic rings. The van der Waals surface area contributed by atoms with Crippen molar-refractivity contribution < 1.29 is 8.78 Å². The highest BCUT2D eigenvalue weighted by atomic mass is 19.1. The molecule has 0 heterocycles. The molecule has 0 spiro atoms. The molecule has 1 aliphatic rings. The molecule has 0 amide bonds. The summed E-state index contributed by atoms with van der Waals surface area (Å²) in [5.41, 5.74) is 2.76. The minimum absolute atomic E-state index is 0.201. The Labute approximate surface area is 98.7 Å². The maximum Gasteiger partial charge on any atom is 0.142 e. The fourth-order valence-corrected chi connectivity index (χ4v) is 2.10. The Bertz CT molecular complexity index is 406. The monoisotopic (exact) mass is 239 g/mol. The molecule has 17 heavy (non-hydrogen) atoms. The van der Waals surface area contributed by atoms with Crippen LogP contribution in [0.4, 0.5) is 8.78 Å². The molecular formula is C12H15F2N3. The average Bonchev–Trinajstić information content (AvgIpc) is 2.77. The minimum atomic E-state index is -0.630. The Balaban J connectivity index is 2.27. The fourth-order valence-electron chi connectivity index (χ4n) is 2.10. The lowest BCUT2D eigenvalue weighted by Gasteiger charge is -2.09. The highest BCUT2D eigenvalue weighted by Crippen LogP contribution is 2.21. The van der Waals surface area contributed by atoms with E-state index < -0.39 is 11.6 Å². The summed E-state index contributed by atoms with van der Waals surface area (Å²) in [5, 5.41) is 0. The fraction of sp³-hybridized carbons (Fsp3) is 0.417. The lowest BCUT2D eigenvalue weighted by atomic mass is 10.2. The van der Waals surface area contributed by atoms with Crippen LogP contribution in [0.2, 0.25) is 0 Å². The second-order valence-electron chi connectivity index (χ2n) is 4.22. The first kappa shape index (κ1) is 12.0. The first-order valence-corrected chi connectivity index (χ1v) is 5.70. The van der Waals surface area contributed by atoms with E-state index in [1.165, 1.54) is 12.1 Å². The summed E-state index contributed by atoms with van der Waals surface area (Å²) < 4.78 is 26.1. The molecule has 0 bridgehead atoms. The van der Waals surface area contributed by atoms with Crippen LogP contribution in [0.1, 0.15) is 31.2 Å². The van der Waals surface area contributed by atoms with Gasteiger partial charge in [-0.1, -0.05) is 12.8 Å². The van der Waals surface area contributed by atoms with Crippen molar-refractivity contribution in [3.8, 4) is 0 Å². The Morgan fingerprint density at radius 1 is 1.18 bits per heavy atom. The third kappa shape index (κ3) is 3.00. The Morgan fingerprint density at radius 2 is 1.76 bits per heavy atom. The number of rotatable bonds is 2. The number of hydrazine groups is 1. The summed E-state index contributed by atoms with van der Waals surface area (Å²) in [7, 11) is 0. The third-order valence-electron chi connectivity index (χ3n) is 2.91. The number of nitrogens with zero attached hydrogens (tertiary/aromatic N) is 1. The van der Waals surface area contributed by atoms with E-state index in [9.17, 15) is 8.78 Å². The van der Waals surface area contributed by atoms with E-state index in [4.69, 9.17) is 5.84 Å². The number of nitrogens with two attached hydrogens (primary N) is 1. The van der Waals surface area contributed by atoms with Gasteiger partial charge in [0.15, 0.2) is 0 Å². The van der Waals surface area contributed by atoms with E-state index in [0.29, 0.717) is 11.4 Å². The van der Waals surface area contributed by atoms with E-state index in [1.54, 1.807) is 0 Å². The van der Waals surface area contributed by atoms with Crippen LogP contribution >= 0.6 is 0 Å². The molecular weight excluding hydrogens is 224 g/mol. The van der Waals surface area contributed by atoms with Gasteiger partial charge in [-0.25, -0.2) is 14.6 Å². The molecule has 1 saturated carbocycles. The molecule has 1 aliphatic carbocycles. The average molecular weight is 239 g/mol. The summed E-state index contributed by atoms with van der Waals surface area (Å²) in [4.78, 5) is 4.39. The zero-order valence-electron chi connectivity index (χ0n) is 9.42. The van der Waals surface area contributed by atoms with E-state index in [2.05, 4.69) is 10.4 Å². The Hall–Kier alpha value is -1.49. The van der Waals surface area contributed by atoms with E-state index in [1.807, 2.05) is 0 Å². The minimum Gasteiger partial charge on any atom is -0.308 e. The molecule has 0 aliphatic heterocycles. The highest BCUT2D eigenvalue weighted by Gasteiger charge is 2.15. The summed E-state index contributed by atoms with van der Waals surface area (Å²) in [6.45, 7) is 0. The summed E-state index contributed by atoms with van der Waals surface area (Å²) in [5.74, 6) is 4.44. The first-order valence-electron chi connectivity index (χ1n) is 5.70. The molecule has 92 valence electrons. The van der Waals surface area contributed by atoms with Crippen LogP contribution in [0.25, 0.3) is 0 Å². The molecule has 0 aromatic heterocycles. The van der Waals surface area contributed by atoms with Crippen molar-refractivity contribution in [1.82, 2.24) is 5.43 Å². The van der Waals surface area contributed by atoms with Gasteiger partial charge in [0, 0.05) is 11.6 Å². The molecule has 0 radical (unpaired) electrons. The third-order valence-corrected chi connectivity index (χ3v) is 2.91. The van der Waals surface area contributed by atoms with E-state index in [-0.39, 0.29) is 6.04 Å². The van der Waals surface area contributed by atoms with Crippen molar-refractivity contribution in [2.75, 3.05) is 0 Å². The molecule has 2 rings (SSSR count). The van der Waals surface area contributed by atoms with Gasteiger partial charge in [-0.05, 0) is 25.0 Å². The van der Waals surface area contributed by atoms with Crippen molar-refractivity contribution in [2.24, 2.45) is 10.8 Å². The molecule has 3 nitrogen and oxygen atoms in total. The number of halogens is 2. The van der Waals surface area contributed by atoms with Gasteiger partial charge in [0.05, 0.1) is 6.04 Å². The smallest absolute Gasteiger partial charge is 0.142 e. The van der Waals surface area contributed by atoms with E-state index >= 15 is 0 Å². The zero-order chi connectivity index (χ0) is 12.3. The van der Waals surface area contributed by atoms with Gasteiger partial charge in [-0.15, -0.1) is 0 Å². The van der Waals surface area contributed by atoms with Crippen molar-refractivity contribution in [3.05, 3.63) is 35.4 Å². The number of amidine groups is 1. The topological polar surface area (TPSA) is 50.4 Å². The molecule has 0 unspecified atom stereocenters. The van der Waals surface area contributed by atoms with Crippen molar-refractivity contribution in [1.29, 1.82) is 0 Å². The van der Waals surface area contributed by atoms with Gasteiger partial charge in [-0.2, -0.15) is 0 Å². The van der Waals surface area contributed by atoms with Crippen molar-refractivity contribution in [2.45, 2.75) is 31.7 Å². The van der Waals surface area contributed by atoms with Gasteiger partial charge < -0.3 is 5.43 Å².